The molecule has 0 radical (unpaired) electrons. The van der Waals surface area contributed by atoms with Gasteiger partial charge in [-0.25, -0.2) is 0 Å². The Hall–Kier alpha value is -1.75. The maximum atomic E-state index is 6.42. The maximum Gasteiger partial charge on any atom is 0.143 e. The normalized spacial score (nSPS) is 24.1. The van der Waals surface area contributed by atoms with Gasteiger partial charge in [0.1, 0.15) is 18.0 Å². The molecule has 1 saturated carbocycles. The van der Waals surface area contributed by atoms with E-state index in [1.54, 1.807) is 6.07 Å². The van der Waals surface area contributed by atoms with Crippen molar-refractivity contribution in [1.29, 1.82) is 0 Å². The first kappa shape index (κ1) is 18.6. The molecule has 2 atom stereocenters. The van der Waals surface area contributed by atoms with Crippen LogP contribution in [0.1, 0.15) is 30.9 Å². The highest BCUT2D eigenvalue weighted by Gasteiger charge is 2.64. The van der Waals surface area contributed by atoms with Gasteiger partial charge in [-0.15, -0.1) is 0 Å². The van der Waals surface area contributed by atoms with Gasteiger partial charge in [-0.2, -0.15) is 0 Å². The lowest BCUT2D eigenvalue weighted by Crippen LogP contribution is -2.28. The molecule has 142 valence electrons. The predicted molar refractivity (Wildman–Crippen MR) is 109 cm³/mol. The van der Waals surface area contributed by atoms with Crippen LogP contribution in [0.5, 0.6) is 5.75 Å². The number of benzene rings is 2. The number of ether oxygens (including phenoxy) is 1. The molecular formula is C21H22Cl2N2O2. The van der Waals surface area contributed by atoms with Gasteiger partial charge in [0.15, 0.2) is 0 Å². The smallest absolute Gasteiger partial charge is 0.143 e. The van der Waals surface area contributed by atoms with Crippen molar-refractivity contribution in [3.8, 4) is 5.75 Å². The van der Waals surface area contributed by atoms with Crippen molar-refractivity contribution in [2.24, 2.45) is 11.1 Å². The van der Waals surface area contributed by atoms with Crippen molar-refractivity contribution in [2.75, 3.05) is 19.7 Å². The Bertz CT molecular complexity index is 857. The minimum Gasteiger partial charge on any atom is -0.481 e. The monoisotopic (exact) mass is 404 g/mol. The fraction of sp³-hybridized carbons (Fsp3) is 0.381. The predicted octanol–water partition coefficient (Wildman–Crippen LogP) is 5.02. The number of oxime groups is 1. The van der Waals surface area contributed by atoms with Gasteiger partial charge in [0, 0.05) is 18.1 Å². The Morgan fingerprint density at radius 1 is 1.22 bits per heavy atom. The third-order valence-electron chi connectivity index (χ3n) is 5.10. The molecule has 1 aliphatic heterocycles. The molecule has 0 aromatic heterocycles. The van der Waals surface area contributed by atoms with Crippen LogP contribution < -0.4 is 10.1 Å². The van der Waals surface area contributed by atoms with Gasteiger partial charge in [-0.3, -0.25) is 0 Å². The van der Waals surface area contributed by atoms with Crippen LogP contribution in [0.15, 0.2) is 47.6 Å². The number of hydrogen-bond acceptors (Lipinski definition) is 4. The quantitative estimate of drug-likeness (QED) is 0.520. The molecule has 0 saturated heterocycles. The highest BCUT2D eigenvalue weighted by molar-refractivity contribution is 6.42. The number of rotatable bonds is 7. The average molecular weight is 405 g/mol. The number of hydrogen-bond donors (Lipinski definition) is 1. The van der Waals surface area contributed by atoms with Gasteiger partial charge >= 0.3 is 0 Å². The van der Waals surface area contributed by atoms with Crippen LogP contribution in [-0.2, 0) is 10.4 Å². The number of halogens is 2. The van der Waals surface area contributed by atoms with E-state index >= 15 is 0 Å². The molecule has 2 aromatic carbocycles. The Balaban J connectivity index is 1.63. The summed E-state index contributed by atoms with van der Waals surface area (Å²) in [5.41, 5.74) is 2.51. The molecule has 6 heteroatoms. The van der Waals surface area contributed by atoms with Crippen LogP contribution in [0.25, 0.3) is 0 Å². The molecule has 0 spiro atoms. The molecule has 0 bridgehead atoms. The van der Waals surface area contributed by atoms with Crippen LogP contribution in [-0.4, -0.2) is 25.4 Å². The summed E-state index contributed by atoms with van der Waals surface area (Å²) in [6.45, 7) is 4.53. The topological polar surface area (TPSA) is 42.8 Å². The fourth-order valence-corrected chi connectivity index (χ4v) is 3.95. The molecule has 4 rings (SSSR count). The lowest BCUT2D eigenvalue weighted by atomic mass is 9.95. The Labute approximate surface area is 169 Å². The maximum absolute atomic E-state index is 6.42. The van der Waals surface area contributed by atoms with Crippen molar-refractivity contribution in [2.45, 2.75) is 25.4 Å². The summed E-state index contributed by atoms with van der Waals surface area (Å²) in [6, 6.07) is 13.9. The van der Waals surface area contributed by atoms with Crippen LogP contribution in [0.4, 0.5) is 0 Å². The van der Waals surface area contributed by atoms with E-state index in [1.165, 1.54) is 0 Å². The fourth-order valence-electron chi connectivity index (χ4n) is 3.64. The number of nitrogens with one attached hydrogen (secondary N) is 1. The molecular weight excluding hydrogens is 383 g/mol. The molecule has 27 heavy (non-hydrogen) atoms. The van der Waals surface area contributed by atoms with E-state index in [0.717, 1.165) is 42.8 Å². The second-order valence-electron chi connectivity index (χ2n) is 6.89. The molecule has 1 fully saturated rings. The van der Waals surface area contributed by atoms with Gasteiger partial charge < -0.3 is 14.9 Å². The summed E-state index contributed by atoms with van der Waals surface area (Å²) in [6.07, 6.45) is 1.77. The minimum absolute atomic E-state index is 0.151. The van der Waals surface area contributed by atoms with Crippen molar-refractivity contribution in [3.63, 3.8) is 0 Å². The molecule has 1 heterocycles. The van der Waals surface area contributed by atoms with E-state index in [4.69, 9.17) is 32.8 Å². The summed E-state index contributed by atoms with van der Waals surface area (Å²) in [5, 5.41) is 8.74. The third kappa shape index (κ3) is 3.54. The van der Waals surface area contributed by atoms with Gasteiger partial charge in [0.25, 0.3) is 0 Å². The molecule has 2 aliphatic rings. The Morgan fingerprint density at radius 2 is 2.00 bits per heavy atom. The van der Waals surface area contributed by atoms with E-state index in [-0.39, 0.29) is 5.92 Å². The van der Waals surface area contributed by atoms with Crippen LogP contribution in [0, 0.1) is 5.92 Å². The summed E-state index contributed by atoms with van der Waals surface area (Å²) in [7, 11) is 0. The van der Waals surface area contributed by atoms with Crippen LogP contribution in [0.2, 0.25) is 10.0 Å². The summed E-state index contributed by atoms with van der Waals surface area (Å²) >= 11 is 12.5. The Kier molecular flexibility index (Phi) is 5.31. The SMILES string of the molecule is CCNCCCON=C1c2cc(Cl)c(Cl)cc2OC2(c3ccccc3)CC12. The lowest BCUT2D eigenvalue weighted by Gasteiger charge is -2.28. The first-order chi connectivity index (χ1) is 13.2. The number of fused-ring (bicyclic) bond motifs is 2. The molecule has 4 nitrogen and oxygen atoms in total. The van der Waals surface area contributed by atoms with Gasteiger partial charge in [0.2, 0.25) is 0 Å². The zero-order chi connectivity index (χ0) is 18.9. The zero-order valence-corrected chi connectivity index (χ0v) is 16.7. The lowest BCUT2D eigenvalue weighted by molar-refractivity contribution is 0.134. The molecule has 2 unspecified atom stereocenters. The van der Waals surface area contributed by atoms with Gasteiger partial charge in [-0.1, -0.05) is 65.6 Å². The third-order valence-corrected chi connectivity index (χ3v) is 5.82. The van der Waals surface area contributed by atoms with Gasteiger partial charge in [0.05, 0.1) is 21.7 Å². The second-order valence-corrected chi connectivity index (χ2v) is 7.71. The summed E-state index contributed by atoms with van der Waals surface area (Å²) < 4.78 is 6.42. The van der Waals surface area contributed by atoms with E-state index in [2.05, 4.69) is 29.5 Å². The van der Waals surface area contributed by atoms with E-state index in [0.29, 0.717) is 22.4 Å². The number of nitrogens with zero attached hydrogens (tertiary/aromatic N) is 1. The van der Waals surface area contributed by atoms with Crippen LogP contribution in [0.3, 0.4) is 0 Å². The van der Waals surface area contributed by atoms with E-state index in [1.807, 2.05) is 24.3 Å². The first-order valence-electron chi connectivity index (χ1n) is 9.30. The average Bonchev–Trinajstić information content (AvgIpc) is 3.41. The van der Waals surface area contributed by atoms with Crippen molar-refractivity contribution < 1.29 is 9.57 Å². The largest absolute Gasteiger partial charge is 0.481 e. The summed E-state index contributed by atoms with van der Waals surface area (Å²) in [5.74, 6) is 0.857. The molecule has 1 N–H and O–H groups in total. The Morgan fingerprint density at radius 3 is 2.78 bits per heavy atom. The van der Waals surface area contributed by atoms with E-state index < -0.39 is 5.60 Å². The molecule has 0 amide bonds. The first-order valence-corrected chi connectivity index (χ1v) is 10.1. The minimum atomic E-state index is -0.391. The highest BCUT2D eigenvalue weighted by atomic mass is 35.5. The highest BCUT2D eigenvalue weighted by Crippen LogP contribution is 2.60. The molecule has 2 aromatic rings. The molecule has 1 aliphatic carbocycles. The standard InChI is InChI=1S/C21H22Cl2N2O2/c1-2-24-9-6-10-26-25-20-15-11-17(22)18(23)12-19(15)27-21(13-16(20)21)14-7-4-3-5-8-14/h3-5,7-8,11-12,16,24H,2,6,9-10,13H2,1H3. The second kappa shape index (κ2) is 7.70. The van der Waals surface area contributed by atoms with Gasteiger partial charge in [-0.05, 0) is 31.1 Å². The van der Waals surface area contributed by atoms with Crippen molar-refractivity contribution >= 4 is 28.9 Å². The van der Waals surface area contributed by atoms with Crippen molar-refractivity contribution in [3.05, 3.63) is 63.6 Å². The van der Waals surface area contributed by atoms with Crippen molar-refractivity contribution in [1.82, 2.24) is 5.32 Å². The summed E-state index contributed by atoms with van der Waals surface area (Å²) in [4.78, 5) is 5.64. The van der Waals surface area contributed by atoms with E-state index in [9.17, 15) is 0 Å². The van der Waals surface area contributed by atoms with Crippen LogP contribution >= 0.6 is 23.2 Å². The zero-order valence-electron chi connectivity index (χ0n) is 15.2.